The molecule has 1 saturated heterocycles. The lowest BCUT2D eigenvalue weighted by molar-refractivity contribution is -0.384. The van der Waals surface area contributed by atoms with Crippen molar-refractivity contribution in [3.63, 3.8) is 0 Å². The average Bonchev–Trinajstić information content (AvgIpc) is 2.74. The van der Waals surface area contributed by atoms with Gasteiger partial charge in [0.2, 0.25) is 5.91 Å². The van der Waals surface area contributed by atoms with Crippen LogP contribution in [0.2, 0.25) is 0 Å². The number of nitrogens with zero attached hydrogens (tertiary/aromatic N) is 2. The molecule has 1 aromatic carbocycles. The molecule has 2 rings (SSSR count). The van der Waals surface area contributed by atoms with Crippen LogP contribution in [0.3, 0.4) is 0 Å². The monoisotopic (exact) mass is 236 g/mol. The first-order valence-electron chi connectivity index (χ1n) is 5.25. The molecule has 1 amide bonds. The fraction of sp³-hybridized carbons (Fsp3) is 0.364. The third-order valence-electron chi connectivity index (χ3n) is 2.71. The molecule has 1 fully saturated rings. The van der Waals surface area contributed by atoms with Gasteiger partial charge >= 0.3 is 0 Å². The summed E-state index contributed by atoms with van der Waals surface area (Å²) < 4.78 is 5.00. The molecular formula is C11H12N2O4. The highest BCUT2D eigenvalue weighted by molar-refractivity contribution is 5.95. The van der Waals surface area contributed by atoms with Crippen LogP contribution >= 0.6 is 0 Å². The van der Waals surface area contributed by atoms with Crippen LogP contribution < -0.4 is 9.64 Å². The molecule has 1 aliphatic heterocycles. The van der Waals surface area contributed by atoms with E-state index in [0.717, 1.165) is 6.42 Å². The van der Waals surface area contributed by atoms with Gasteiger partial charge in [0.05, 0.1) is 23.8 Å². The first-order valence-corrected chi connectivity index (χ1v) is 5.25. The molecule has 0 aliphatic carbocycles. The molecule has 1 heterocycles. The van der Waals surface area contributed by atoms with E-state index in [-0.39, 0.29) is 11.6 Å². The van der Waals surface area contributed by atoms with Crippen LogP contribution in [0, 0.1) is 10.1 Å². The second-order valence-corrected chi connectivity index (χ2v) is 3.80. The van der Waals surface area contributed by atoms with Crippen molar-refractivity contribution in [2.75, 3.05) is 18.6 Å². The summed E-state index contributed by atoms with van der Waals surface area (Å²) in [5.74, 6) is 0.376. The molecule has 90 valence electrons. The number of ether oxygens (including phenoxy) is 1. The van der Waals surface area contributed by atoms with Gasteiger partial charge in [0, 0.05) is 25.1 Å². The molecule has 0 bridgehead atoms. The number of rotatable bonds is 3. The van der Waals surface area contributed by atoms with Crippen molar-refractivity contribution in [2.24, 2.45) is 0 Å². The summed E-state index contributed by atoms with van der Waals surface area (Å²) in [6, 6.07) is 4.37. The summed E-state index contributed by atoms with van der Waals surface area (Å²) in [5, 5.41) is 10.8. The van der Waals surface area contributed by atoms with Crippen LogP contribution in [0.4, 0.5) is 11.4 Å². The van der Waals surface area contributed by atoms with E-state index in [4.69, 9.17) is 4.74 Å². The maximum absolute atomic E-state index is 11.6. The zero-order valence-electron chi connectivity index (χ0n) is 9.38. The molecule has 0 unspecified atom stereocenters. The first kappa shape index (κ1) is 11.4. The van der Waals surface area contributed by atoms with E-state index < -0.39 is 4.92 Å². The number of carbonyl (C=O) groups excluding carboxylic acids is 1. The van der Waals surface area contributed by atoms with E-state index >= 15 is 0 Å². The Morgan fingerprint density at radius 2 is 2.18 bits per heavy atom. The van der Waals surface area contributed by atoms with Crippen LogP contribution in [-0.4, -0.2) is 24.5 Å². The van der Waals surface area contributed by atoms with E-state index in [0.29, 0.717) is 24.4 Å². The number of benzene rings is 1. The third kappa shape index (κ3) is 2.20. The van der Waals surface area contributed by atoms with Gasteiger partial charge in [-0.3, -0.25) is 14.9 Å². The number of amides is 1. The summed E-state index contributed by atoms with van der Waals surface area (Å²) in [4.78, 5) is 23.4. The van der Waals surface area contributed by atoms with Crippen LogP contribution in [0.5, 0.6) is 5.75 Å². The minimum atomic E-state index is -0.493. The van der Waals surface area contributed by atoms with E-state index in [1.807, 2.05) is 0 Å². The van der Waals surface area contributed by atoms with Crippen molar-refractivity contribution in [1.29, 1.82) is 0 Å². The number of nitro benzene ring substituents is 1. The Labute approximate surface area is 97.9 Å². The highest BCUT2D eigenvalue weighted by Crippen LogP contribution is 2.30. The second-order valence-electron chi connectivity index (χ2n) is 3.80. The number of nitro groups is 1. The third-order valence-corrected chi connectivity index (χ3v) is 2.71. The zero-order chi connectivity index (χ0) is 12.4. The molecule has 0 atom stereocenters. The van der Waals surface area contributed by atoms with Gasteiger partial charge in [-0.15, -0.1) is 0 Å². The van der Waals surface area contributed by atoms with Crippen molar-refractivity contribution in [3.8, 4) is 5.75 Å². The molecule has 1 aliphatic rings. The van der Waals surface area contributed by atoms with E-state index in [9.17, 15) is 14.9 Å². The molecule has 0 spiro atoms. The van der Waals surface area contributed by atoms with Crippen LogP contribution in [0.25, 0.3) is 0 Å². The van der Waals surface area contributed by atoms with Crippen LogP contribution in [0.15, 0.2) is 18.2 Å². The fourth-order valence-electron chi connectivity index (χ4n) is 1.87. The largest absolute Gasteiger partial charge is 0.496 e. The predicted molar refractivity (Wildman–Crippen MR) is 61.2 cm³/mol. The minimum absolute atomic E-state index is 0.00690. The Hall–Kier alpha value is -2.11. The van der Waals surface area contributed by atoms with Gasteiger partial charge in [0.1, 0.15) is 5.75 Å². The highest BCUT2D eigenvalue weighted by Gasteiger charge is 2.24. The Morgan fingerprint density at radius 3 is 2.71 bits per heavy atom. The summed E-state index contributed by atoms with van der Waals surface area (Å²) in [7, 11) is 1.44. The molecule has 1 aromatic rings. The fourth-order valence-corrected chi connectivity index (χ4v) is 1.87. The molecule has 6 heteroatoms. The lowest BCUT2D eigenvalue weighted by Crippen LogP contribution is -2.23. The highest BCUT2D eigenvalue weighted by atomic mass is 16.6. The van der Waals surface area contributed by atoms with Crippen molar-refractivity contribution < 1.29 is 14.5 Å². The van der Waals surface area contributed by atoms with Crippen molar-refractivity contribution >= 4 is 17.3 Å². The number of non-ortho nitro benzene ring substituents is 1. The van der Waals surface area contributed by atoms with Gasteiger partial charge in [-0.05, 0) is 6.42 Å². The number of hydrogen-bond donors (Lipinski definition) is 0. The van der Waals surface area contributed by atoms with Crippen LogP contribution in [-0.2, 0) is 4.79 Å². The maximum atomic E-state index is 11.6. The van der Waals surface area contributed by atoms with Gasteiger partial charge in [0.15, 0.2) is 0 Å². The first-order chi connectivity index (χ1) is 8.11. The van der Waals surface area contributed by atoms with Crippen molar-refractivity contribution in [3.05, 3.63) is 28.3 Å². The number of hydrogen-bond acceptors (Lipinski definition) is 4. The maximum Gasteiger partial charge on any atom is 0.275 e. The topological polar surface area (TPSA) is 72.7 Å². The Kier molecular flexibility index (Phi) is 2.95. The Morgan fingerprint density at radius 1 is 1.41 bits per heavy atom. The molecular weight excluding hydrogens is 224 g/mol. The molecule has 0 saturated carbocycles. The minimum Gasteiger partial charge on any atom is -0.496 e. The van der Waals surface area contributed by atoms with Gasteiger partial charge in [-0.2, -0.15) is 0 Å². The normalized spacial score (nSPS) is 15.1. The second kappa shape index (κ2) is 4.40. The van der Waals surface area contributed by atoms with Crippen molar-refractivity contribution in [1.82, 2.24) is 0 Å². The lowest BCUT2D eigenvalue weighted by Gasteiger charge is -2.16. The van der Waals surface area contributed by atoms with E-state index in [1.165, 1.54) is 19.2 Å². The molecule has 0 N–H and O–H groups in total. The summed E-state index contributed by atoms with van der Waals surface area (Å²) in [6.07, 6.45) is 1.27. The van der Waals surface area contributed by atoms with E-state index in [2.05, 4.69) is 0 Å². The predicted octanol–water partition coefficient (Wildman–Crippen LogP) is 1.73. The number of methoxy groups -OCH3 is 1. The van der Waals surface area contributed by atoms with Gasteiger partial charge in [-0.25, -0.2) is 0 Å². The lowest BCUT2D eigenvalue weighted by atomic mass is 10.2. The molecule has 17 heavy (non-hydrogen) atoms. The smallest absolute Gasteiger partial charge is 0.275 e. The summed E-state index contributed by atoms with van der Waals surface area (Å²) >= 11 is 0. The summed E-state index contributed by atoms with van der Waals surface area (Å²) in [6.45, 7) is 0.600. The van der Waals surface area contributed by atoms with Gasteiger partial charge in [0.25, 0.3) is 5.69 Å². The van der Waals surface area contributed by atoms with Crippen LogP contribution in [0.1, 0.15) is 12.8 Å². The number of carbonyl (C=O) groups is 1. The van der Waals surface area contributed by atoms with E-state index in [1.54, 1.807) is 11.0 Å². The van der Waals surface area contributed by atoms with Crippen molar-refractivity contribution in [2.45, 2.75) is 12.8 Å². The SMILES string of the molecule is COc1cc(N2CCCC2=O)cc([N+](=O)[O-])c1. The molecule has 6 nitrogen and oxygen atoms in total. The zero-order valence-corrected chi connectivity index (χ0v) is 9.38. The number of anilines is 1. The van der Waals surface area contributed by atoms with Gasteiger partial charge in [-0.1, -0.05) is 0 Å². The Bertz CT molecular complexity index is 473. The quantitative estimate of drug-likeness (QED) is 0.591. The standard InChI is InChI=1S/C11H12N2O4/c1-17-10-6-8(5-9(7-10)13(15)16)12-4-2-3-11(12)14/h5-7H,2-4H2,1H3. The molecule has 0 radical (unpaired) electrons. The average molecular weight is 236 g/mol. The van der Waals surface area contributed by atoms with Gasteiger partial charge < -0.3 is 9.64 Å². The molecule has 0 aromatic heterocycles. The Balaban J connectivity index is 2.42. The summed E-state index contributed by atoms with van der Waals surface area (Å²) in [5.41, 5.74) is 0.456.